The van der Waals surface area contributed by atoms with Crippen LogP contribution in [0.2, 0.25) is 0 Å². The van der Waals surface area contributed by atoms with Crippen LogP contribution in [-0.4, -0.2) is 48.4 Å². The van der Waals surface area contributed by atoms with E-state index in [9.17, 15) is 9.59 Å². The van der Waals surface area contributed by atoms with E-state index in [1.807, 2.05) is 6.92 Å². The van der Waals surface area contributed by atoms with E-state index in [0.717, 1.165) is 12.8 Å². The van der Waals surface area contributed by atoms with E-state index in [-0.39, 0.29) is 37.7 Å². The second kappa shape index (κ2) is 8.71. The predicted molar refractivity (Wildman–Crippen MR) is 73.4 cm³/mol. The first-order valence-electron chi connectivity index (χ1n) is 6.89. The maximum absolute atomic E-state index is 11.7. The Hall–Kier alpha value is -1.40. The Morgan fingerprint density at radius 3 is 2.85 bits per heavy atom. The maximum Gasteiger partial charge on any atom is 0.328 e. The number of hydrogen-bond acceptors (Lipinski definition) is 4. The van der Waals surface area contributed by atoms with Crippen molar-refractivity contribution in [3.63, 3.8) is 0 Å². The largest absolute Gasteiger partial charge is 0.480 e. The Morgan fingerprint density at radius 1 is 1.55 bits per heavy atom. The molecule has 0 aliphatic carbocycles. The van der Waals surface area contributed by atoms with Gasteiger partial charge in [0.2, 0.25) is 5.91 Å². The highest BCUT2D eigenvalue weighted by molar-refractivity contribution is 5.83. The number of carbonyl (C=O) groups excluding carboxylic acids is 1. The molecule has 6 nitrogen and oxygen atoms in total. The molecule has 6 heteroatoms. The van der Waals surface area contributed by atoms with Crippen molar-refractivity contribution in [2.45, 2.75) is 50.9 Å². The van der Waals surface area contributed by atoms with E-state index >= 15 is 0 Å². The molecule has 0 radical (unpaired) electrons. The third-order valence-corrected chi connectivity index (χ3v) is 3.17. The smallest absolute Gasteiger partial charge is 0.328 e. The average Bonchev–Trinajstić information content (AvgIpc) is 2.81. The van der Waals surface area contributed by atoms with Crippen LogP contribution >= 0.6 is 0 Å². The van der Waals surface area contributed by atoms with Crippen molar-refractivity contribution < 1.29 is 24.2 Å². The molecule has 20 heavy (non-hydrogen) atoms. The molecule has 0 bridgehead atoms. The molecule has 3 unspecified atom stereocenters. The lowest BCUT2D eigenvalue weighted by atomic mass is 10.1. The van der Waals surface area contributed by atoms with E-state index in [1.165, 1.54) is 6.08 Å². The number of carbonyl (C=O) groups is 2. The Kier molecular flexibility index (Phi) is 7.25. The summed E-state index contributed by atoms with van der Waals surface area (Å²) in [6.07, 6.45) is 4.75. The Balaban J connectivity index is 2.26. The fourth-order valence-corrected chi connectivity index (χ4v) is 2.10. The van der Waals surface area contributed by atoms with Gasteiger partial charge in [0, 0.05) is 6.42 Å². The molecule has 1 rings (SSSR count). The van der Waals surface area contributed by atoms with Gasteiger partial charge in [0.15, 0.2) is 6.04 Å². The summed E-state index contributed by atoms with van der Waals surface area (Å²) in [4.78, 5) is 22.7. The second-order valence-corrected chi connectivity index (χ2v) is 4.97. The summed E-state index contributed by atoms with van der Waals surface area (Å²) in [5, 5.41) is 11.4. The fraction of sp³-hybridized carbons (Fsp3) is 0.714. The summed E-state index contributed by atoms with van der Waals surface area (Å²) in [6, 6.07) is -1.02. The van der Waals surface area contributed by atoms with E-state index in [1.54, 1.807) is 0 Å². The molecule has 1 saturated heterocycles. The highest BCUT2D eigenvalue weighted by atomic mass is 16.5. The number of rotatable bonds is 9. The minimum Gasteiger partial charge on any atom is -0.480 e. The van der Waals surface area contributed by atoms with Crippen molar-refractivity contribution in [1.82, 2.24) is 5.32 Å². The lowest BCUT2D eigenvalue weighted by Gasteiger charge is -2.15. The molecule has 0 aromatic heterocycles. The zero-order valence-electron chi connectivity index (χ0n) is 11.8. The van der Waals surface area contributed by atoms with Crippen LogP contribution in [0.5, 0.6) is 0 Å². The summed E-state index contributed by atoms with van der Waals surface area (Å²) in [5.41, 5.74) is 0. The molecule has 2 N–H and O–H groups in total. The van der Waals surface area contributed by atoms with E-state index < -0.39 is 12.0 Å². The molecule has 1 heterocycles. The van der Waals surface area contributed by atoms with Gasteiger partial charge >= 0.3 is 5.97 Å². The molecular weight excluding hydrogens is 262 g/mol. The lowest BCUT2D eigenvalue weighted by molar-refractivity contribution is -0.143. The van der Waals surface area contributed by atoms with Gasteiger partial charge in [-0.2, -0.15) is 0 Å². The molecule has 1 aliphatic rings. The van der Waals surface area contributed by atoms with Crippen LogP contribution in [0.4, 0.5) is 0 Å². The van der Waals surface area contributed by atoms with Gasteiger partial charge in [0.05, 0.1) is 25.4 Å². The average molecular weight is 285 g/mol. The van der Waals surface area contributed by atoms with Crippen LogP contribution in [-0.2, 0) is 19.1 Å². The van der Waals surface area contributed by atoms with Crippen molar-refractivity contribution in [2.24, 2.45) is 0 Å². The Morgan fingerprint density at radius 2 is 2.30 bits per heavy atom. The number of amides is 1. The first-order chi connectivity index (χ1) is 9.52. The normalized spacial score (nSPS) is 23.2. The molecule has 0 aromatic rings. The van der Waals surface area contributed by atoms with Gasteiger partial charge in [-0.15, -0.1) is 6.58 Å². The van der Waals surface area contributed by atoms with Gasteiger partial charge in [-0.25, -0.2) is 4.79 Å². The SMILES string of the molecule is C=CCOCC(NC(=O)CCC1CCC(C)O1)C(=O)O. The molecular formula is C14H23NO5. The number of nitrogens with one attached hydrogen (secondary N) is 1. The van der Waals surface area contributed by atoms with Crippen LogP contribution < -0.4 is 5.32 Å². The standard InChI is InChI=1S/C14H23NO5/c1-3-8-19-9-12(14(17)18)15-13(16)7-6-11-5-4-10(2)20-11/h3,10-12H,1,4-9H2,2H3,(H,15,16)(H,17,18). The zero-order chi connectivity index (χ0) is 15.0. The lowest BCUT2D eigenvalue weighted by Crippen LogP contribution is -2.44. The summed E-state index contributed by atoms with van der Waals surface area (Å²) in [5.74, 6) is -1.39. The summed E-state index contributed by atoms with van der Waals surface area (Å²) in [7, 11) is 0. The van der Waals surface area contributed by atoms with E-state index in [0.29, 0.717) is 6.42 Å². The van der Waals surface area contributed by atoms with Gasteiger partial charge < -0.3 is 19.9 Å². The highest BCUT2D eigenvalue weighted by Gasteiger charge is 2.24. The third-order valence-electron chi connectivity index (χ3n) is 3.17. The van der Waals surface area contributed by atoms with Crippen molar-refractivity contribution in [3.05, 3.63) is 12.7 Å². The molecule has 0 aromatic carbocycles. The number of ether oxygens (including phenoxy) is 2. The first-order valence-corrected chi connectivity index (χ1v) is 6.89. The van der Waals surface area contributed by atoms with Crippen LogP contribution in [0.3, 0.4) is 0 Å². The number of carboxylic acids is 1. The van der Waals surface area contributed by atoms with Gasteiger partial charge in [0.1, 0.15) is 0 Å². The molecule has 1 fully saturated rings. The second-order valence-electron chi connectivity index (χ2n) is 4.97. The number of hydrogen-bond donors (Lipinski definition) is 2. The van der Waals surface area contributed by atoms with Crippen molar-refractivity contribution in [1.29, 1.82) is 0 Å². The minimum absolute atomic E-state index is 0.0654. The summed E-state index contributed by atoms with van der Waals surface area (Å²) in [6.45, 7) is 5.67. The number of aliphatic carboxylic acids is 1. The van der Waals surface area contributed by atoms with Gasteiger partial charge in [-0.1, -0.05) is 6.08 Å². The Labute approximate surface area is 119 Å². The third kappa shape index (κ3) is 6.16. The van der Waals surface area contributed by atoms with Crippen LogP contribution in [0, 0.1) is 0 Å². The topological polar surface area (TPSA) is 84.9 Å². The van der Waals surface area contributed by atoms with E-state index in [4.69, 9.17) is 14.6 Å². The monoisotopic (exact) mass is 285 g/mol. The predicted octanol–water partition coefficient (Wildman–Crippen LogP) is 1.11. The van der Waals surface area contributed by atoms with Crippen LogP contribution in [0.25, 0.3) is 0 Å². The molecule has 1 amide bonds. The molecule has 0 spiro atoms. The number of carboxylic acid groups (broad SMARTS) is 1. The van der Waals surface area contributed by atoms with Crippen molar-refractivity contribution in [2.75, 3.05) is 13.2 Å². The fourth-order valence-electron chi connectivity index (χ4n) is 2.10. The molecule has 0 saturated carbocycles. The van der Waals surface area contributed by atoms with Gasteiger partial charge in [-0.3, -0.25) is 4.79 Å². The molecule has 3 atom stereocenters. The first kappa shape index (κ1) is 16.7. The van der Waals surface area contributed by atoms with Crippen molar-refractivity contribution in [3.8, 4) is 0 Å². The van der Waals surface area contributed by atoms with Crippen LogP contribution in [0.1, 0.15) is 32.6 Å². The zero-order valence-corrected chi connectivity index (χ0v) is 11.8. The summed E-state index contributed by atoms with van der Waals surface area (Å²) >= 11 is 0. The Bertz CT molecular complexity index is 344. The molecule has 1 aliphatic heterocycles. The highest BCUT2D eigenvalue weighted by Crippen LogP contribution is 2.22. The quantitative estimate of drug-likeness (QED) is 0.489. The van der Waals surface area contributed by atoms with Crippen molar-refractivity contribution >= 4 is 11.9 Å². The van der Waals surface area contributed by atoms with Gasteiger partial charge in [-0.05, 0) is 26.2 Å². The maximum atomic E-state index is 11.7. The van der Waals surface area contributed by atoms with Crippen LogP contribution in [0.15, 0.2) is 12.7 Å². The minimum atomic E-state index is -1.10. The molecule has 114 valence electrons. The van der Waals surface area contributed by atoms with Gasteiger partial charge in [0.25, 0.3) is 0 Å². The summed E-state index contributed by atoms with van der Waals surface area (Å²) < 4.78 is 10.7. The van der Waals surface area contributed by atoms with E-state index in [2.05, 4.69) is 11.9 Å².